The van der Waals surface area contributed by atoms with Crippen molar-refractivity contribution in [2.75, 3.05) is 23.1 Å². The number of nitrogens with two attached hydrogens (primary N) is 1. The number of thioether (sulfide) groups is 1. The summed E-state index contributed by atoms with van der Waals surface area (Å²) < 4.78 is 5.85. The van der Waals surface area contributed by atoms with Gasteiger partial charge in [-0.3, -0.25) is 14.5 Å². The van der Waals surface area contributed by atoms with Gasteiger partial charge in [-0.1, -0.05) is 49.1 Å². The lowest BCUT2D eigenvalue weighted by Gasteiger charge is -2.42. The lowest BCUT2D eigenvalue weighted by molar-refractivity contribution is -0.118. The van der Waals surface area contributed by atoms with Gasteiger partial charge in [0.15, 0.2) is 15.3 Å². The summed E-state index contributed by atoms with van der Waals surface area (Å²) in [4.78, 5) is 31.7. The molecule has 2 aromatic heterocycles. The molecule has 13 heteroatoms. The van der Waals surface area contributed by atoms with Gasteiger partial charge in [0.25, 0.3) is 0 Å². The third-order valence-electron chi connectivity index (χ3n) is 6.42. The predicted molar refractivity (Wildman–Crippen MR) is 151 cm³/mol. The van der Waals surface area contributed by atoms with Crippen LogP contribution in [-0.4, -0.2) is 39.7 Å². The molecular formula is C26H25N7O3S3. The summed E-state index contributed by atoms with van der Waals surface area (Å²) in [5.41, 5.74) is 8.71. The first-order chi connectivity index (χ1) is 18.7. The molecular weight excluding hydrogens is 555 g/mol. The van der Waals surface area contributed by atoms with Crippen molar-refractivity contribution in [3.05, 3.63) is 64.1 Å². The lowest BCUT2D eigenvalue weighted by Crippen LogP contribution is -2.42. The molecule has 1 amide bonds. The van der Waals surface area contributed by atoms with Crippen molar-refractivity contribution >= 4 is 56.4 Å². The van der Waals surface area contributed by atoms with Crippen LogP contribution in [0.15, 0.2) is 62.8 Å². The zero-order chi connectivity index (χ0) is 27.7. The number of carbonyl (C=O) groups is 2. The van der Waals surface area contributed by atoms with Crippen LogP contribution in [0.1, 0.15) is 38.2 Å². The van der Waals surface area contributed by atoms with Gasteiger partial charge in [-0.2, -0.15) is 5.26 Å². The number of hydrogen-bond donors (Lipinski definition) is 2. The van der Waals surface area contributed by atoms with Crippen molar-refractivity contribution in [2.45, 2.75) is 36.9 Å². The highest BCUT2D eigenvalue weighted by atomic mass is 32.2. The molecule has 39 heavy (non-hydrogen) atoms. The van der Waals surface area contributed by atoms with Gasteiger partial charge in [0.05, 0.1) is 30.4 Å². The Hall–Kier alpha value is -3.73. The number of nitrogens with one attached hydrogen (secondary N) is 1. The summed E-state index contributed by atoms with van der Waals surface area (Å²) in [7, 11) is 1.58. The molecule has 2 aliphatic rings. The first-order valence-corrected chi connectivity index (χ1v) is 14.6. The minimum absolute atomic E-state index is 0.0229. The number of Topliss-reactive ketones (excluding diaryl/α,β-unsaturated/α-hetero) is 1. The molecule has 10 nitrogen and oxygen atoms in total. The number of nitriles is 1. The summed E-state index contributed by atoms with van der Waals surface area (Å²) in [6.07, 6.45) is 2.55. The van der Waals surface area contributed by atoms with E-state index in [0.717, 1.165) is 11.3 Å². The monoisotopic (exact) mass is 579 g/mol. The molecule has 3 N–H and O–H groups in total. The quantitative estimate of drug-likeness (QED) is 0.378. The van der Waals surface area contributed by atoms with E-state index in [-0.39, 0.29) is 34.3 Å². The number of anilines is 2. The second kappa shape index (κ2) is 10.8. The van der Waals surface area contributed by atoms with Crippen LogP contribution in [0.5, 0.6) is 5.75 Å². The minimum atomic E-state index is -0.591. The standard InChI is InChI=1S/C26H25N7O3S3/c1-26(2)10-17-21(18(34)11-26)20(14-4-6-15(36-3)7-5-14)16(12-27)22(28)33(17)24-31-32-25(39-24)38-13-19(35)30-23-29-8-9-37-23/h4-9,20H,10-11,13,28H2,1-3H3,(H,29,30,35). The molecule has 0 radical (unpaired) electrons. The number of methoxy groups -OCH3 is 1. The molecule has 0 bridgehead atoms. The first-order valence-electron chi connectivity index (χ1n) is 12.0. The summed E-state index contributed by atoms with van der Waals surface area (Å²) in [6.45, 7) is 4.08. The molecule has 3 aromatic rings. The largest absolute Gasteiger partial charge is 0.497 e. The van der Waals surface area contributed by atoms with E-state index in [2.05, 4.69) is 26.6 Å². The Kier molecular flexibility index (Phi) is 7.44. The highest BCUT2D eigenvalue weighted by Crippen LogP contribution is 2.50. The number of carbonyl (C=O) groups excluding carboxylic acids is 2. The molecule has 0 saturated heterocycles. The van der Waals surface area contributed by atoms with E-state index < -0.39 is 5.92 Å². The van der Waals surface area contributed by atoms with Gasteiger partial charge in [-0.15, -0.1) is 21.5 Å². The molecule has 1 aliphatic heterocycles. The topological polar surface area (TPSA) is 147 Å². The summed E-state index contributed by atoms with van der Waals surface area (Å²) in [5.74, 6) is 0.204. The minimum Gasteiger partial charge on any atom is -0.497 e. The fraction of sp³-hybridized carbons (Fsp3) is 0.308. The van der Waals surface area contributed by atoms with E-state index in [1.165, 1.54) is 34.4 Å². The number of hydrogen-bond acceptors (Lipinski definition) is 12. The number of amides is 1. The van der Waals surface area contributed by atoms with Crippen molar-refractivity contribution in [1.29, 1.82) is 5.26 Å². The van der Waals surface area contributed by atoms with Gasteiger partial charge >= 0.3 is 0 Å². The number of benzene rings is 1. The molecule has 1 atom stereocenters. The zero-order valence-corrected chi connectivity index (χ0v) is 23.9. The molecule has 0 fully saturated rings. The lowest BCUT2D eigenvalue weighted by atomic mass is 9.68. The van der Waals surface area contributed by atoms with Crippen LogP contribution >= 0.6 is 34.4 Å². The number of ketones is 1. The van der Waals surface area contributed by atoms with Crippen molar-refractivity contribution < 1.29 is 14.3 Å². The number of ether oxygens (including phenoxy) is 1. The van der Waals surface area contributed by atoms with E-state index in [9.17, 15) is 14.9 Å². The zero-order valence-electron chi connectivity index (χ0n) is 21.4. The Morgan fingerprint density at radius 1 is 1.31 bits per heavy atom. The van der Waals surface area contributed by atoms with Crippen LogP contribution in [0.2, 0.25) is 0 Å². The molecule has 1 aliphatic carbocycles. The van der Waals surface area contributed by atoms with Crippen molar-refractivity contribution in [3.63, 3.8) is 0 Å². The fourth-order valence-electron chi connectivity index (χ4n) is 4.78. The van der Waals surface area contributed by atoms with Crippen LogP contribution in [-0.2, 0) is 9.59 Å². The normalized spacial score (nSPS) is 18.6. The second-order valence-electron chi connectivity index (χ2n) is 9.78. The van der Waals surface area contributed by atoms with E-state index in [4.69, 9.17) is 10.5 Å². The van der Waals surface area contributed by atoms with Crippen molar-refractivity contribution in [2.24, 2.45) is 11.1 Å². The summed E-state index contributed by atoms with van der Waals surface area (Å²) >= 11 is 3.83. The van der Waals surface area contributed by atoms with Gasteiger partial charge in [0.2, 0.25) is 11.0 Å². The summed E-state index contributed by atoms with van der Waals surface area (Å²) in [5, 5.41) is 24.3. The Morgan fingerprint density at radius 2 is 2.08 bits per heavy atom. The molecule has 0 saturated carbocycles. The van der Waals surface area contributed by atoms with Crippen LogP contribution in [0.4, 0.5) is 10.3 Å². The van der Waals surface area contributed by atoms with Crippen molar-refractivity contribution in [3.8, 4) is 11.8 Å². The maximum absolute atomic E-state index is 13.6. The first kappa shape index (κ1) is 26.9. The van der Waals surface area contributed by atoms with Crippen molar-refractivity contribution in [1.82, 2.24) is 15.2 Å². The van der Waals surface area contributed by atoms with E-state index in [1.807, 2.05) is 38.1 Å². The maximum Gasteiger partial charge on any atom is 0.236 e. The second-order valence-corrected chi connectivity index (χ2v) is 12.9. The SMILES string of the molecule is COc1ccc(C2C(C#N)=C(N)N(c3nnc(SCC(=O)Nc4nccs4)s3)C3=C2C(=O)CC(C)(C)C3)cc1. The van der Waals surface area contributed by atoms with E-state index in [0.29, 0.717) is 38.8 Å². The third kappa shape index (κ3) is 5.40. The average molecular weight is 580 g/mol. The smallest absolute Gasteiger partial charge is 0.236 e. The van der Waals surface area contributed by atoms with Crippen LogP contribution < -0.4 is 20.7 Å². The Bertz CT molecular complexity index is 1520. The molecule has 200 valence electrons. The van der Waals surface area contributed by atoms with Gasteiger partial charge in [0, 0.05) is 29.3 Å². The molecule has 5 rings (SSSR count). The van der Waals surface area contributed by atoms with Gasteiger partial charge < -0.3 is 15.8 Å². The molecule has 3 heterocycles. The van der Waals surface area contributed by atoms with Gasteiger partial charge in [-0.05, 0) is 29.5 Å². The highest BCUT2D eigenvalue weighted by molar-refractivity contribution is 8.01. The molecule has 0 spiro atoms. The Labute approximate surface area is 237 Å². The Morgan fingerprint density at radius 3 is 2.74 bits per heavy atom. The fourth-order valence-corrected chi connectivity index (χ4v) is 7.00. The van der Waals surface area contributed by atoms with Crippen LogP contribution in [0, 0.1) is 16.7 Å². The number of allylic oxidation sites excluding steroid dienone is 3. The Balaban J connectivity index is 1.50. The average Bonchev–Trinajstić information content (AvgIpc) is 3.58. The van der Waals surface area contributed by atoms with Gasteiger partial charge in [0.1, 0.15) is 11.6 Å². The number of aromatic nitrogens is 3. The highest BCUT2D eigenvalue weighted by Gasteiger charge is 2.45. The van der Waals surface area contributed by atoms with Crippen LogP contribution in [0.3, 0.4) is 0 Å². The molecule has 1 aromatic carbocycles. The maximum atomic E-state index is 13.6. The molecule has 1 unspecified atom stereocenters. The van der Waals surface area contributed by atoms with Crippen LogP contribution in [0.25, 0.3) is 0 Å². The van der Waals surface area contributed by atoms with E-state index in [1.54, 1.807) is 23.6 Å². The number of thiazole rings is 1. The number of rotatable bonds is 7. The summed E-state index contributed by atoms with van der Waals surface area (Å²) in [6, 6.07) is 9.60. The third-order valence-corrected chi connectivity index (χ3v) is 9.15. The number of nitrogens with zero attached hydrogens (tertiary/aromatic N) is 5. The van der Waals surface area contributed by atoms with E-state index >= 15 is 0 Å². The predicted octanol–water partition coefficient (Wildman–Crippen LogP) is 4.67. The van der Waals surface area contributed by atoms with Gasteiger partial charge in [-0.25, -0.2) is 4.98 Å².